The van der Waals surface area contributed by atoms with Gasteiger partial charge in [0.15, 0.2) is 6.10 Å². The van der Waals surface area contributed by atoms with Crippen LogP contribution in [0.25, 0.3) is 0 Å². The van der Waals surface area contributed by atoms with Gasteiger partial charge in [0.25, 0.3) is 5.91 Å². The Bertz CT molecular complexity index is 658. The fourth-order valence-corrected chi connectivity index (χ4v) is 2.67. The summed E-state index contributed by atoms with van der Waals surface area (Å²) in [6, 6.07) is 12.8. The van der Waals surface area contributed by atoms with Crippen LogP contribution in [0.15, 0.2) is 48.7 Å². The van der Waals surface area contributed by atoms with Gasteiger partial charge in [-0.25, -0.2) is 4.98 Å². The molecule has 5 nitrogen and oxygen atoms in total. The Balaban J connectivity index is 1.58. The molecule has 2 aromatic rings. The molecule has 3 rings (SSSR count). The van der Waals surface area contributed by atoms with Gasteiger partial charge in [0.2, 0.25) is 5.88 Å². The first-order chi connectivity index (χ1) is 11.1. The molecule has 1 saturated heterocycles. The van der Waals surface area contributed by atoms with E-state index in [-0.39, 0.29) is 12.0 Å². The predicted molar refractivity (Wildman–Crippen MR) is 86.0 cm³/mol. The molecule has 2 heterocycles. The fraction of sp³-hybridized carbons (Fsp3) is 0.333. The molecule has 0 spiro atoms. The number of carbonyl (C=O) groups is 1. The summed E-state index contributed by atoms with van der Waals surface area (Å²) >= 11 is 0. The normalized spacial score (nSPS) is 18.7. The van der Waals surface area contributed by atoms with E-state index in [1.54, 1.807) is 23.2 Å². The van der Waals surface area contributed by atoms with Crippen LogP contribution in [-0.2, 0) is 4.79 Å². The molecule has 0 bridgehead atoms. The maximum atomic E-state index is 12.4. The smallest absolute Gasteiger partial charge is 0.256 e. The fourth-order valence-electron chi connectivity index (χ4n) is 2.67. The van der Waals surface area contributed by atoms with Gasteiger partial charge in [0.05, 0.1) is 6.54 Å². The molecule has 2 unspecified atom stereocenters. The Hall–Kier alpha value is -2.40. The average Bonchev–Trinajstić information content (AvgIpc) is 3.05. The molecular weight excluding hydrogens is 292 g/mol. The van der Waals surface area contributed by atoms with E-state index >= 15 is 0 Å². The summed E-state index contributed by atoms with van der Waals surface area (Å²) in [6.45, 7) is 3.02. The predicted octanol–water partition coefficient (Wildman–Crippen LogP) is 2.10. The van der Waals surface area contributed by atoms with Crippen molar-refractivity contribution in [1.82, 2.24) is 9.88 Å². The first-order valence-electron chi connectivity index (χ1n) is 7.74. The van der Waals surface area contributed by atoms with Gasteiger partial charge >= 0.3 is 0 Å². The summed E-state index contributed by atoms with van der Waals surface area (Å²) in [7, 11) is 0. The minimum Gasteiger partial charge on any atom is -0.472 e. The lowest BCUT2D eigenvalue weighted by Gasteiger charge is -2.20. The molecule has 5 heteroatoms. The van der Waals surface area contributed by atoms with Crippen molar-refractivity contribution in [2.75, 3.05) is 13.1 Å². The quantitative estimate of drug-likeness (QED) is 0.939. The van der Waals surface area contributed by atoms with Crippen molar-refractivity contribution < 1.29 is 14.6 Å². The van der Waals surface area contributed by atoms with E-state index in [0.717, 1.165) is 12.0 Å². The maximum Gasteiger partial charge on any atom is 0.256 e. The Labute approximate surface area is 135 Å². The van der Waals surface area contributed by atoms with E-state index in [4.69, 9.17) is 4.74 Å². The number of likely N-dealkylation sites (tertiary alicyclic amines) is 1. The van der Waals surface area contributed by atoms with Gasteiger partial charge in [-0.1, -0.05) is 36.4 Å². The van der Waals surface area contributed by atoms with Gasteiger partial charge in [-0.15, -0.1) is 0 Å². The van der Waals surface area contributed by atoms with E-state index in [1.807, 2.05) is 37.3 Å². The number of aliphatic hydroxyl groups excluding tert-OH is 1. The number of ether oxygens (including phenoxy) is 1. The lowest BCUT2D eigenvalue weighted by atomic mass is 10.1. The number of rotatable bonds is 4. The molecule has 23 heavy (non-hydrogen) atoms. The highest BCUT2D eigenvalue weighted by Crippen LogP contribution is 2.21. The average molecular weight is 312 g/mol. The van der Waals surface area contributed by atoms with Crippen molar-refractivity contribution in [1.29, 1.82) is 0 Å². The van der Waals surface area contributed by atoms with E-state index < -0.39 is 6.10 Å². The number of pyridine rings is 1. The third kappa shape index (κ3) is 3.68. The molecule has 2 atom stereocenters. The number of benzene rings is 1. The Morgan fingerprint density at radius 3 is 2.78 bits per heavy atom. The zero-order valence-electron chi connectivity index (χ0n) is 13.1. The minimum absolute atomic E-state index is 0.0860. The van der Waals surface area contributed by atoms with Gasteiger partial charge < -0.3 is 14.7 Å². The van der Waals surface area contributed by atoms with Crippen LogP contribution in [0.4, 0.5) is 0 Å². The molecule has 1 amide bonds. The van der Waals surface area contributed by atoms with Crippen molar-refractivity contribution in [3.63, 3.8) is 0 Å². The summed E-state index contributed by atoms with van der Waals surface area (Å²) < 4.78 is 5.81. The first kappa shape index (κ1) is 15.5. The van der Waals surface area contributed by atoms with Crippen LogP contribution in [-0.4, -0.2) is 40.1 Å². The number of aromatic nitrogens is 1. The molecule has 1 aliphatic rings. The van der Waals surface area contributed by atoms with E-state index in [1.165, 1.54) is 0 Å². The Morgan fingerprint density at radius 2 is 2.09 bits per heavy atom. The third-order valence-electron chi connectivity index (χ3n) is 3.98. The molecule has 120 valence electrons. The zero-order valence-corrected chi connectivity index (χ0v) is 13.1. The van der Waals surface area contributed by atoms with Crippen molar-refractivity contribution in [3.05, 3.63) is 59.8 Å². The topological polar surface area (TPSA) is 62.7 Å². The standard InChI is InChI=1S/C18H20N2O3/c1-13-7-8-16(19-11-13)23-15-9-10-20(12-15)18(22)17(21)14-5-3-2-4-6-14/h2-8,11,15,17,21H,9-10,12H2,1H3. The molecule has 0 aliphatic carbocycles. The number of nitrogens with zero attached hydrogens (tertiary/aromatic N) is 2. The van der Waals surface area contributed by atoms with Crippen LogP contribution < -0.4 is 4.74 Å². The summed E-state index contributed by atoms with van der Waals surface area (Å²) in [4.78, 5) is 18.3. The molecule has 1 aliphatic heterocycles. The summed E-state index contributed by atoms with van der Waals surface area (Å²) in [5.41, 5.74) is 1.69. The summed E-state index contributed by atoms with van der Waals surface area (Å²) in [5.74, 6) is 0.290. The van der Waals surface area contributed by atoms with Crippen molar-refractivity contribution in [2.45, 2.75) is 25.6 Å². The van der Waals surface area contributed by atoms with Crippen LogP contribution >= 0.6 is 0 Å². The Kier molecular flexibility index (Phi) is 4.57. The molecule has 1 N–H and O–H groups in total. The zero-order chi connectivity index (χ0) is 16.2. The number of hydrogen-bond acceptors (Lipinski definition) is 4. The largest absolute Gasteiger partial charge is 0.472 e. The van der Waals surface area contributed by atoms with Crippen molar-refractivity contribution in [3.8, 4) is 5.88 Å². The molecule has 0 radical (unpaired) electrons. The number of aliphatic hydroxyl groups is 1. The number of carbonyl (C=O) groups excluding carboxylic acids is 1. The second kappa shape index (κ2) is 6.79. The van der Waals surface area contributed by atoms with Crippen LogP contribution in [0.1, 0.15) is 23.7 Å². The third-order valence-corrected chi connectivity index (χ3v) is 3.98. The first-order valence-corrected chi connectivity index (χ1v) is 7.74. The maximum absolute atomic E-state index is 12.4. The molecular formula is C18H20N2O3. The second-order valence-electron chi connectivity index (χ2n) is 5.80. The molecule has 1 aromatic heterocycles. The van der Waals surface area contributed by atoms with Gasteiger partial charge in [-0.3, -0.25) is 4.79 Å². The molecule has 1 aromatic carbocycles. The van der Waals surface area contributed by atoms with Crippen molar-refractivity contribution in [2.24, 2.45) is 0 Å². The van der Waals surface area contributed by atoms with Gasteiger partial charge in [-0.2, -0.15) is 0 Å². The van der Waals surface area contributed by atoms with Crippen molar-refractivity contribution >= 4 is 5.91 Å². The lowest BCUT2D eigenvalue weighted by Crippen LogP contribution is -2.34. The second-order valence-corrected chi connectivity index (χ2v) is 5.80. The highest BCUT2D eigenvalue weighted by molar-refractivity contribution is 5.82. The van der Waals surface area contributed by atoms with Gasteiger partial charge in [0, 0.05) is 25.2 Å². The van der Waals surface area contributed by atoms with Crippen LogP contribution in [0.5, 0.6) is 5.88 Å². The number of amides is 1. The van der Waals surface area contributed by atoms with E-state index in [0.29, 0.717) is 24.5 Å². The summed E-state index contributed by atoms with van der Waals surface area (Å²) in [5, 5.41) is 10.2. The van der Waals surface area contributed by atoms with E-state index in [2.05, 4.69) is 4.98 Å². The van der Waals surface area contributed by atoms with Gasteiger partial charge in [0.1, 0.15) is 6.10 Å². The Morgan fingerprint density at radius 1 is 1.30 bits per heavy atom. The van der Waals surface area contributed by atoms with Gasteiger partial charge in [-0.05, 0) is 18.1 Å². The SMILES string of the molecule is Cc1ccc(OC2CCN(C(=O)C(O)c3ccccc3)C2)nc1. The molecule has 0 saturated carbocycles. The monoisotopic (exact) mass is 312 g/mol. The summed E-state index contributed by atoms with van der Waals surface area (Å²) in [6.07, 6.45) is 1.29. The van der Waals surface area contributed by atoms with Crippen LogP contribution in [0, 0.1) is 6.92 Å². The highest BCUT2D eigenvalue weighted by atomic mass is 16.5. The highest BCUT2D eigenvalue weighted by Gasteiger charge is 2.31. The minimum atomic E-state index is -1.12. The molecule has 1 fully saturated rings. The number of hydrogen-bond donors (Lipinski definition) is 1. The van der Waals surface area contributed by atoms with Crippen LogP contribution in [0.3, 0.4) is 0 Å². The number of aryl methyl sites for hydroxylation is 1. The van der Waals surface area contributed by atoms with E-state index in [9.17, 15) is 9.90 Å². The lowest BCUT2D eigenvalue weighted by molar-refractivity contribution is -0.139. The van der Waals surface area contributed by atoms with Crippen LogP contribution in [0.2, 0.25) is 0 Å².